The molecule has 7 heteroatoms. The number of aryl methyl sites for hydroxylation is 1. The van der Waals surface area contributed by atoms with Crippen LogP contribution in [0.2, 0.25) is 0 Å². The first kappa shape index (κ1) is 18.3. The Morgan fingerprint density at radius 1 is 1.00 bits per heavy atom. The number of hydrogen-bond donors (Lipinski definition) is 1. The summed E-state index contributed by atoms with van der Waals surface area (Å²) in [6.07, 6.45) is -0.420. The van der Waals surface area contributed by atoms with E-state index < -0.39 is 42.7 Å². The number of fused-ring (bicyclic) bond motifs is 1. The Bertz CT molecular complexity index is 885. The molecule has 1 heterocycles. The van der Waals surface area contributed by atoms with Crippen LogP contribution in [-0.2, 0) is 9.59 Å². The lowest BCUT2D eigenvalue weighted by Crippen LogP contribution is -2.42. The number of benzene rings is 2. The Morgan fingerprint density at radius 3 is 2.07 bits per heavy atom. The summed E-state index contributed by atoms with van der Waals surface area (Å²) in [5.74, 6) is -3.03. The van der Waals surface area contributed by atoms with Gasteiger partial charge in [-0.2, -0.15) is 0 Å². The molecule has 1 aliphatic heterocycles. The third-order valence-corrected chi connectivity index (χ3v) is 4.37. The second kappa shape index (κ2) is 7.41. The van der Waals surface area contributed by atoms with Crippen LogP contribution in [0, 0.1) is 6.92 Å². The fraction of sp³-hybridized carbons (Fsp3) is 0.200. The van der Waals surface area contributed by atoms with Crippen molar-refractivity contribution in [3.63, 3.8) is 0 Å². The fourth-order valence-electron chi connectivity index (χ4n) is 2.98. The minimum absolute atomic E-state index is 0.250. The van der Waals surface area contributed by atoms with Crippen molar-refractivity contribution < 1.29 is 24.3 Å². The number of nitrogens with zero attached hydrogens (tertiary/aromatic N) is 1. The predicted molar refractivity (Wildman–Crippen MR) is 93.5 cm³/mol. The highest BCUT2D eigenvalue weighted by molar-refractivity contribution is 6.22. The molecule has 3 rings (SSSR count). The first-order chi connectivity index (χ1) is 12.9. The van der Waals surface area contributed by atoms with Crippen LogP contribution in [0.5, 0.6) is 0 Å². The molecule has 1 atom stereocenters. The van der Waals surface area contributed by atoms with Crippen molar-refractivity contribution in [2.75, 3.05) is 6.54 Å². The van der Waals surface area contributed by atoms with E-state index in [4.69, 9.17) is 0 Å². The van der Waals surface area contributed by atoms with E-state index in [1.807, 2.05) is 6.92 Å². The molecular weight excluding hydrogens is 348 g/mol. The van der Waals surface area contributed by atoms with E-state index in [0.29, 0.717) is 5.56 Å². The van der Waals surface area contributed by atoms with Crippen molar-refractivity contribution in [1.29, 1.82) is 0 Å². The number of rotatable bonds is 6. The largest absolute Gasteiger partial charge is 0.550 e. The number of carbonyl (C=O) groups is 4. The maximum absolute atomic E-state index is 12.4. The van der Waals surface area contributed by atoms with Crippen molar-refractivity contribution in [2.24, 2.45) is 0 Å². The number of amides is 3. The Morgan fingerprint density at radius 2 is 1.56 bits per heavy atom. The molecule has 0 bridgehead atoms. The fourth-order valence-corrected chi connectivity index (χ4v) is 2.98. The van der Waals surface area contributed by atoms with Crippen LogP contribution in [0.15, 0.2) is 48.5 Å². The van der Waals surface area contributed by atoms with Crippen LogP contribution in [0.3, 0.4) is 0 Å². The lowest BCUT2D eigenvalue weighted by molar-refractivity contribution is -0.306. The number of carboxylic acid groups (broad SMARTS) is 1. The summed E-state index contributed by atoms with van der Waals surface area (Å²) in [4.78, 5) is 49.0. The zero-order valence-corrected chi connectivity index (χ0v) is 14.6. The monoisotopic (exact) mass is 365 g/mol. The second-order valence-electron chi connectivity index (χ2n) is 6.35. The first-order valence-electron chi connectivity index (χ1n) is 8.38. The van der Waals surface area contributed by atoms with Gasteiger partial charge in [0.15, 0.2) is 0 Å². The van der Waals surface area contributed by atoms with E-state index in [-0.39, 0.29) is 11.1 Å². The Labute approximate surface area is 155 Å². The number of nitrogens with one attached hydrogen (secondary N) is 1. The van der Waals surface area contributed by atoms with Gasteiger partial charge < -0.3 is 15.2 Å². The lowest BCUT2D eigenvalue weighted by atomic mass is 10.0. The predicted octanol–water partition coefficient (Wildman–Crippen LogP) is 0.589. The molecule has 0 fully saturated rings. The van der Waals surface area contributed by atoms with Gasteiger partial charge in [0.05, 0.1) is 17.2 Å². The van der Waals surface area contributed by atoms with Crippen molar-refractivity contribution >= 4 is 23.7 Å². The zero-order chi connectivity index (χ0) is 19.6. The minimum atomic E-state index is -1.32. The van der Waals surface area contributed by atoms with Gasteiger partial charge in [-0.1, -0.05) is 42.0 Å². The summed E-state index contributed by atoms with van der Waals surface area (Å²) in [5.41, 5.74) is 2.09. The standard InChI is InChI=1S/C20H18N2O5/c1-12-6-8-13(9-7-12)16(10-18(24)25)21-17(23)11-22-19(26)14-4-2-3-5-15(14)20(22)27/h2-9,16H,10-11H2,1H3,(H,21,23)(H,24,25)/p-1/t16-/m0/s1. The van der Waals surface area contributed by atoms with Crippen LogP contribution in [0.4, 0.5) is 0 Å². The molecule has 0 radical (unpaired) electrons. The molecule has 0 saturated heterocycles. The topological polar surface area (TPSA) is 107 Å². The molecule has 27 heavy (non-hydrogen) atoms. The van der Waals surface area contributed by atoms with E-state index in [0.717, 1.165) is 10.5 Å². The van der Waals surface area contributed by atoms with E-state index >= 15 is 0 Å². The van der Waals surface area contributed by atoms with Crippen molar-refractivity contribution in [1.82, 2.24) is 10.2 Å². The van der Waals surface area contributed by atoms with Gasteiger partial charge in [-0.15, -0.1) is 0 Å². The third kappa shape index (κ3) is 3.87. The SMILES string of the molecule is Cc1ccc([C@H](CC(=O)[O-])NC(=O)CN2C(=O)c3ccccc3C2=O)cc1. The van der Waals surface area contributed by atoms with E-state index in [9.17, 15) is 24.3 Å². The Hall–Kier alpha value is -3.48. The molecule has 7 nitrogen and oxygen atoms in total. The highest BCUT2D eigenvalue weighted by atomic mass is 16.4. The quantitative estimate of drug-likeness (QED) is 0.754. The number of hydrogen-bond acceptors (Lipinski definition) is 5. The third-order valence-electron chi connectivity index (χ3n) is 4.37. The van der Waals surface area contributed by atoms with Gasteiger partial charge in [-0.3, -0.25) is 19.3 Å². The van der Waals surface area contributed by atoms with Gasteiger partial charge in [0.1, 0.15) is 6.54 Å². The van der Waals surface area contributed by atoms with Crippen LogP contribution in [-0.4, -0.2) is 35.1 Å². The van der Waals surface area contributed by atoms with E-state index in [2.05, 4.69) is 5.32 Å². The van der Waals surface area contributed by atoms with Crippen molar-refractivity contribution in [2.45, 2.75) is 19.4 Å². The molecule has 0 unspecified atom stereocenters. The Kier molecular flexibility index (Phi) is 5.03. The second-order valence-corrected chi connectivity index (χ2v) is 6.35. The van der Waals surface area contributed by atoms with Gasteiger partial charge in [0.2, 0.25) is 5.91 Å². The van der Waals surface area contributed by atoms with E-state index in [1.54, 1.807) is 36.4 Å². The molecule has 0 spiro atoms. The number of carboxylic acids is 1. The summed E-state index contributed by atoms with van der Waals surface area (Å²) < 4.78 is 0. The molecule has 0 aliphatic carbocycles. The minimum Gasteiger partial charge on any atom is -0.550 e. The molecule has 0 aromatic heterocycles. The lowest BCUT2D eigenvalue weighted by Gasteiger charge is -2.21. The molecule has 0 saturated carbocycles. The highest BCUT2D eigenvalue weighted by Gasteiger charge is 2.36. The summed E-state index contributed by atoms with van der Waals surface area (Å²) in [6, 6.07) is 12.5. The van der Waals surface area contributed by atoms with Crippen LogP contribution in [0.1, 0.15) is 44.3 Å². The molecule has 3 amide bonds. The normalized spacial score (nSPS) is 14.0. The molecular formula is C20H17N2O5-. The number of carbonyl (C=O) groups excluding carboxylic acids is 4. The zero-order valence-electron chi connectivity index (χ0n) is 14.6. The van der Waals surface area contributed by atoms with E-state index in [1.165, 1.54) is 12.1 Å². The average Bonchev–Trinajstić information content (AvgIpc) is 2.87. The molecule has 138 valence electrons. The van der Waals surface area contributed by atoms with Crippen LogP contribution in [0.25, 0.3) is 0 Å². The first-order valence-corrected chi connectivity index (χ1v) is 8.38. The number of aliphatic carboxylic acids is 1. The molecule has 1 N–H and O–H groups in total. The molecule has 2 aromatic carbocycles. The van der Waals surface area contributed by atoms with Crippen molar-refractivity contribution in [3.8, 4) is 0 Å². The summed E-state index contributed by atoms with van der Waals surface area (Å²) in [7, 11) is 0. The maximum atomic E-state index is 12.4. The number of imide groups is 1. The van der Waals surface area contributed by atoms with Gasteiger partial charge in [-0.05, 0) is 24.6 Å². The summed E-state index contributed by atoms with van der Waals surface area (Å²) in [5, 5.41) is 13.6. The van der Waals surface area contributed by atoms with Gasteiger partial charge >= 0.3 is 0 Å². The summed E-state index contributed by atoms with van der Waals surface area (Å²) in [6.45, 7) is 1.40. The average molecular weight is 365 g/mol. The van der Waals surface area contributed by atoms with Gasteiger partial charge in [-0.25, -0.2) is 0 Å². The molecule has 2 aromatic rings. The smallest absolute Gasteiger partial charge is 0.262 e. The summed E-state index contributed by atoms with van der Waals surface area (Å²) >= 11 is 0. The van der Waals surface area contributed by atoms with Crippen molar-refractivity contribution in [3.05, 3.63) is 70.8 Å². The van der Waals surface area contributed by atoms with Gasteiger partial charge in [0, 0.05) is 12.4 Å². The molecule has 1 aliphatic rings. The highest BCUT2D eigenvalue weighted by Crippen LogP contribution is 2.22. The van der Waals surface area contributed by atoms with Crippen LogP contribution < -0.4 is 10.4 Å². The Balaban J connectivity index is 1.73. The van der Waals surface area contributed by atoms with Crippen LogP contribution >= 0.6 is 0 Å². The maximum Gasteiger partial charge on any atom is 0.262 e. The van der Waals surface area contributed by atoms with Gasteiger partial charge in [0.25, 0.3) is 11.8 Å².